The molecule has 6 heteroatoms. The second-order valence-corrected chi connectivity index (χ2v) is 6.50. The van der Waals surface area contributed by atoms with Crippen molar-refractivity contribution in [3.05, 3.63) is 59.3 Å². The Morgan fingerprint density at radius 3 is 3.04 bits per heavy atom. The van der Waals surface area contributed by atoms with E-state index < -0.39 is 6.10 Å². The van der Waals surface area contributed by atoms with Gasteiger partial charge in [0.15, 0.2) is 0 Å². The number of rotatable bonds is 5. The van der Waals surface area contributed by atoms with Crippen molar-refractivity contribution in [1.82, 2.24) is 10.2 Å². The Balaban J connectivity index is 1.56. The zero-order valence-electron chi connectivity index (χ0n) is 14.2. The van der Waals surface area contributed by atoms with Crippen molar-refractivity contribution in [2.45, 2.75) is 44.9 Å². The molecule has 3 rings (SSSR count). The number of amides is 2. The van der Waals surface area contributed by atoms with Crippen LogP contribution < -0.4 is 5.32 Å². The molecule has 2 aromatic rings. The molecule has 1 aromatic heterocycles. The van der Waals surface area contributed by atoms with E-state index in [1.54, 1.807) is 36.1 Å². The van der Waals surface area contributed by atoms with E-state index in [1.807, 2.05) is 0 Å². The van der Waals surface area contributed by atoms with E-state index in [9.17, 15) is 14.3 Å². The van der Waals surface area contributed by atoms with Gasteiger partial charge in [-0.1, -0.05) is 12.1 Å². The predicted molar refractivity (Wildman–Crippen MR) is 91.4 cm³/mol. The number of carbonyl (C=O) groups excluding carboxylic acids is 1. The predicted octanol–water partition coefficient (Wildman–Crippen LogP) is 3.52. The second kappa shape index (κ2) is 7.70. The fraction of sp³-hybridized carbons (Fsp3) is 0.421. The van der Waals surface area contributed by atoms with Crippen molar-refractivity contribution in [3.8, 4) is 0 Å². The monoisotopic (exact) mass is 346 g/mol. The summed E-state index contributed by atoms with van der Waals surface area (Å²) in [5, 5.41) is 13.1. The summed E-state index contributed by atoms with van der Waals surface area (Å²) in [5.74, 6) is 0.274. The molecule has 1 aromatic carbocycles. The number of benzene rings is 1. The molecular formula is C19H23FN2O3. The van der Waals surface area contributed by atoms with E-state index in [-0.39, 0.29) is 17.9 Å². The summed E-state index contributed by atoms with van der Waals surface area (Å²) in [5.41, 5.74) is 1.42. The third-order valence-corrected chi connectivity index (χ3v) is 4.67. The van der Waals surface area contributed by atoms with E-state index in [0.29, 0.717) is 30.8 Å². The number of aliphatic hydroxyl groups is 1. The number of nitrogens with one attached hydrogen (secondary N) is 1. The SMILES string of the molecule is Cc1cc(CNC(=O)N2CCCC2CC(O)c2ccco2)ccc1F. The number of halogens is 1. The quantitative estimate of drug-likeness (QED) is 0.870. The van der Waals surface area contributed by atoms with Gasteiger partial charge in [-0.2, -0.15) is 0 Å². The number of urea groups is 1. The van der Waals surface area contributed by atoms with Gasteiger partial charge in [-0.3, -0.25) is 0 Å². The Hall–Kier alpha value is -2.34. The highest BCUT2D eigenvalue weighted by Gasteiger charge is 2.31. The van der Waals surface area contributed by atoms with Crippen molar-refractivity contribution in [2.24, 2.45) is 0 Å². The van der Waals surface area contributed by atoms with Crippen LogP contribution in [-0.2, 0) is 6.54 Å². The Morgan fingerprint density at radius 1 is 1.48 bits per heavy atom. The average Bonchev–Trinajstić information content (AvgIpc) is 3.27. The number of likely N-dealkylation sites (tertiary alicyclic amines) is 1. The van der Waals surface area contributed by atoms with Crippen LogP contribution in [0.15, 0.2) is 41.0 Å². The van der Waals surface area contributed by atoms with Gasteiger partial charge in [0.05, 0.1) is 6.26 Å². The Morgan fingerprint density at radius 2 is 2.32 bits per heavy atom. The Bertz CT molecular complexity index is 717. The van der Waals surface area contributed by atoms with Crippen LogP contribution in [0, 0.1) is 12.7 Å². The van der Waals surface area contributed by atoms with Crippen LogP contribution in [0.2, 0.25) is 0 Å². The lowest BCUT2D eigenvalue weighted by Crippen LogP contribution is -2.43. The summed E-state index contributed by atoms with van der Waals surface area (Å²) in [4.78, 5) is 14.3. The smallest absolute Gasteiger partial charge is 0.317 e. The van der Waals surface area contributed by atoms with Crippen molar-refractivity contribution >= 4 is 6.03 Å². The first-order valence-corrected chi connectivity index (χ1v) is 8.55. The molecule has 1 fully saturated rings. The zero-order chi connectivity index (χ0) is 17.8. The number of carbonyl (C=O) groups is 1. The average molecular weight is 346 g/mol. The molecule has 0 spiro atoms. The molecule has 5 nitrogen and oxygen atoms in total. The van der Waals surface area contributed by atoms with Gasteiger partial charge < -0.3 is 19.7 Å². The molecule has 2 atom stereocenters. The maximum absolute atomic E-state index is 13.3. The van der Waals surface area contributed by atoms with E-state index in [4.69, 9.17) is 4.42 Å². The minimum absolute atomic E-state index is 0.0185. The van der Waals surface area contributed by atoms with Crippen LogP contribution in [0.1, 0.15) is 42.3 Å². The highest BCUT2D eigenvalue weighted by molar-refractivity contribution is 5.74. The highest BCUT2D eigenvalue weighted by Crippen LogP contribution is 2.27. The molecule has 0 saturated carbocycles. The van der Waals surface area contributed by atoms with Gasteiger partial charge in [-0.15, -0.1) is 0 Å². The summed E-state index contributed by atoms with van der Waals surface area (Å²) in [6.07, 6.45) is 3.05. The van der Waals surface area contributed by atoms with Gasteiger partial charge in [-0.05, 0) is 49.1 Å². The van der Waals surface area contributed by atoms with Crippen molar-refractivity contribution in [2.75, 3.05) is 6.54 Å². The zero-order valence-corrected chi connectivity index (χ0v) is 14.2. The van der Waals surface area contributed by atoms with E-state index >= 15 is 0 Å². The lowest BCUT2D eigenvalue weighted by molar-refractivity contribution is 0.108. The number of aryl methyl sites for hydroxylation is 1. The molecular weight excluding hydrogens is 323 g/mol. The van der Waals surface area contributed by atoms with Crippen molar-refractivity contribution < 1.29 is 18.7 Å². The number of hydrogen-bond acceptors (Lipinski definition) is 3. The molecule has 25 heavy (non-hydrogen) atoms. The first kappa shape index (κ1) is 17.5. The highest BCUT2D eigenvalue weighted by atomic mass is 19.1. The third kappa shape index (κ3) is 4.20. The van der Waals surface area contributed by atoms with E-state index in [0.717, 1.165) is 18.4 Å². The van der Waals surface area contributed by atoms with Crippen LogP contribution in [0.4, 0.5) is 9.18 Å². The van der Waals surface area contributed by atoms with Crippen LogP contribution in [0.25, 0.3) is 0 Å². The molecule has 1 saturated heterocycles. The maximum Gasteiger partial charge on any atom is 0.317 e. The molecule has 134 valence electrons. The van der Waals surface area contributed by atoms with Gasteiger partial charge in [0, 0.05) is 25.6 Å². The molecule has 0 radical (unpaired) electrons. The maximum atomic E-state index is 13.3. The Kier molecular flexibility index (Phi) is 5.38. The third-order valence-electron chi connectivity index (χ3n) is 4.67. The standard InChI is InChI=1S/C19H23FN2O3/c1-13-10-14(6-7-16(13)20)12-21-19(24)22-8-2-4-15(22)11-17(23)18-5-3-9-25-18/h3,5-7,9-10,15,17,23H,2,4,8,11-12H2,1H3,(H,21,24). The van der Waals surface area contributed by atoms with Gasteiger partial charge in [-0.25, -0.2) is 9.18 Å². The topological polar surface area (TPSA) is 65.7 Å². The second-order valence-electron chi connectivity index (χ2n) is 6.50. The summed E-state index contributed by atoms with van der Waals surface area (Å²) in [7, 11) is 0. The molecule has 2 unspecified atom stereocenters. The van der Waals surface area contributed by atoms with E-state index in [2.05, 4.69) is 5.32 Å². The Labute approximate surface area is 146 Å². The van der Waals surface area contributed by atoms with Gasteiger partial charge in [0.2, 0.25) is 0 Å². The fourth-order valence-electron chi connectivity index (χ4n) is 3.30. The summed E-state index contributed by atoms with van der Waals surface area (Å²) < 4.78 is 18.5. The number of aliphatic hydroxyl groups excluding tert-OH is 1. The van der Waals surface area contributed by atoms with E-state index in [1.165, 1.54) is 12.3 Å². The lowest BCUT2D eigenvalue weighted by atomic mass is 10.1. The van der Waals surface area contributed by atoms with Crippen LogP contribution in [0.5, 0.6) is 0 Å². The first-order chi connectivity index (χ1) is 12.0. The number of nitrogens with zero attached hydrogens (tertiary/aromatic N) is 1. The molecule has 1 aliphatic heterocycles. The largest absolute Gasteiger partial charge is 0.467 e. The summed E-state index contributed by atoms with van der Waals surface area (Å²) in [6, 6.07) is 8.12. The molecule has 0 aliphatic carbocycles. The molecule has 0 bridgehead atoms. The molecule has 2 heterocycles. The fourth-order valence-corrected chi connectivity index (χ4v) is 3.30. The lowest BCUT2D eigenvalue weighted by Gasteiger charge is -2.26. The molecule has 2 N–H and O–H groups in total. The molecule has 1 aliphatic rings. The van der Waals surface area contributed by atoms with Crippen LogP contribution in [0.3, 0.4) is 0 Å². The van der Waals surface area contributed by atoms with Crippen molar-refractivity contribution in [3.63, 3.8) is 0 Å². The minimum atomic E-state index is -0.715. The van der Waals surface area contributed by atoms with Gasteiger partial charge >= 0.3 is 6.03 Å². The number of hydrogen-bond donors (Lipinski definition) is 2. The molecule has 2 amide bonds. The summed E-state index contributed by atoms with van der Waals surface area (Å²) >= 11 is 0. The van der Waals surface area contributed by atoms with Gasteiger partial charge in [0.1, 0.15) is 17.7 Å². The van der Waals surface area contributed by atoms with Gasteiger partial charge in [0.25, 0.3) is 0 Å². The van der Waals surface area contributed by atoms with Crippen LogP contribution >= 0.6 is 0 Å². The normalized spacial score (nSPS) is 18.4. The summed E-state index contributed by atoms with van der Waals surface area (Å²) in [6.45, 7) is 2.72. The first-order valence-electron chi connectivity index (χ1n) is 8.55. The minimum Gasteiger partial charge on any atom is -0.467 e. The van der Waals surface area contributed by atoms with Crippen LogP contribution in [-0.4, -0.2) is 28.6 Å². The number of furan rings is 1. The van der Waals surface area contributed by atoms with Crippen molar-refractivity contribution in [1.29, 1.82) is 0 Å².